The van der Waals surface area contributed by atoms with Gasteiger partial charge in [0.25, 0.3) is 5.91 Å². The second kappa shape index (κ2) is 7.01. The smallest absolute Gasteiger partial charge is 0.325 e. The molecule has 130 valence electrons. The zero-order valence-corrected chi connectivity index (χ0v) is 14.6. The van der Waals surface area contributed by atoms with Crippen LogP contribution in [0.1, 0.15) is 39.0 Å². The summed E-state index contributed by atoms with van der Waals surface area (Å²) in [7, 11) is 0. The summed E-state index contributed by atoms with van der Waals surface area (Å²) in [5.41, 5.74) is -0.678. The molecule has 0 bridgehead atoms. The molecule has 1 heterocycles. The zero-order chi connectivity index (χ0) is 17.2. The molecule has 1 aliphatic heterocycles. The maximum atomic E-state index is 12.7. The van der Waals surface area contributed by atoms with Crippen LogP contribution in [0.3, 0.4) is 0 Å². The minimum atomic E-state index is -0.678. The van der Waals surface area contributed by atoms with Crippen molar-refractivity contribution in [2.45, 2.75) is 44.6 Å². The predicted octanol–water partition coefficient (Wildman–Crippen LogP) is 3.61. The van der Waals surface area contributed by atoms with E-state index in [9.17, 15) is 9.59 Å². The Balaban J connectivity index is 1.56. The summed E-state index contributed by atoms with van der Waals surface area (Å²) < 4.78 is 5.60. The van der Waals surface area contributed by atoms with Crippen LogP contribution in [-0.2, 0) is 4.79 Å². The van der Waals surface area contributed by atoms with E-state index in [4.69, 9.17) is 16.3 Å². The topological polar surface area (TPSA) is 58.6 Å². The van der Waals surface area contributed by atoms with Crippen molar-refractivity contribution in [3.8, 4) is 5.75 Å². The van der Waals surface area contributed by atoms with Crippen LogP contribution in [0, 0.1) is 5.92 Å². The van der Waals surface area contributed by atoms with Crippen molar-refractivity contribution in [2.75, 3.05) is 13.2 Å². The fourth-order valence-corrected chi connectivity index (χ4v) is 3.71. The fraction of sp³-hybridized carbons (Fsp3) is 0.556. The van der Waals surface area contributed by atoms with Crippen molar-refractivity contribution in [1.29, 1.82) is 0 Å². The van der Waals surface area contributed by atoms with E-state index in [-0.39, 0.29) is 25.1 Å². The molecule has 5 nitrogen and oxygen atoms in total. The molecule has 1 saturated heterocycles. The number of nitrogens with zero attached hydrogens (tertiary/aromatic N) is 1. The van der Waals surface area contributed by atoms with Crippen LogP contribution >= 0.6 is 11.6 Å². The summed E-state index contributed by atoms with van der Waals surface area (Å²) in [5.74, 6) is 1.24. The van der Waals surface area contributed by atoms with Gasteiger partial charge in [0.15, 0.2) is 0 Å². The SMILES string of the molecule is CCC1CCC2(CC1)NC(=O)N(CCOc1ccc(Cl)cc1)C2=O. The second-order valence-corrected chi connectivity index (χ2v) is 7.06. The van der Waals surface area contributed by atoms with Crippen molar-refractivity contribution >= 4 is 23.5 Å². The highest BCUT2D eigenvalue weighted by molar-refractivity contribution is 6.30. The first-order valence-corrected chi connectivity index (χ1v) is 8.94. The molecule has 2 aliphatic rings. The van der Waals surface area contributed by atoms with Gasteiger partial charge in [0.2, 0.25) is 0 Å². The number of ether oxygens (including phenoxy) is 1. The third-order valence-corrected chi connectivity index (χ3v) is 5.43. The summed E-state index contributed by atoms with van der Waals surface area (Å²) in [6.45, 7) is 2.71. The molecule has 1 saturated carbocycles. The van der Waals surface area contributed by atoms with Crippen molar-refractivity contribution in [3.63, 3.8) is 0 Å². The average molecular weight is 351 g/mol. The number of benzene rings is 1. The first-order chi connectivity index (χ1) is 11.5. The highest BCUT2D eigenvalue weighted by Crippen LogP contribution is 2.37. The highest BCUT2D eigenvalue weighted by Gasteiger charge is 2.52. The molecule has 0 atom stereocenters. The van der Waals surface area contributed by atoms with Gasteiger partial charge in [0.05, 0.1) is 6.54 Å². The Hall–Kier alpha value is -1.75. The van der Waals surface area contributed by atoms with Gasteiger partial charge in [-0.05, 0) is 55.9 Å². The van der Waals surface area contributed by atoms with Crippen LogP contribution in [-0.4, -0.2) is 35.5 Å². The number of hydrogen-bond acceptors (Lipinski definition) is 3. The fourth-order valence-electron chi connectivity index (χ4n) is 3.58. The summed E-state index contributed by atoms with van der Waals surface area (Å²) >= 11 is 5.83. The molecular formula is C18H23ClN2O3. The summed E-state index contributed by atoms with van der Waals surface area (Å²) in [6.07, 6.45) is 4.61. The lowest BCUT2D eigenvalue weighted by Crippen LogP contribution is -2.49. The monoisotopic (exact) mass is 350 g/mol. The van der Waals surface area contributed by atoms with Gasteiger partial charge in [0.1, 0.15) is 17.9 Å². The standard InChI is InChI=1S/C18H23ClN2O3/c1-2-13-7-9-18(10-8-13)16(22)21(17(23)20-18)11-12-24-15-5-3-14(19)4-6-15/h3-6,13H,2,7-12H2,1H3,(H,20,23). The lowest BCUT2D eigenvalue weighted by Gasteiger charge is -2.34. The van der Waals surface area contributed by atoms with Gasteiger partial charge in [-0.15, -0.1) is 0 Å². The van der Waals surface area contributed by atoms with Crippen LogP contribution in [0.15, 0.2) is 24.3 Å². The molecule has 1 aliphatic carbocycles. The quantitative estimate of drug-likeness (QED) is 0.825. The number of hydrogen-bond donors (Lipinski definition) is 1. The molecular weight excluding hydrogens is 328 g/mol. The molecule has 0 radical (unpaired) electrons. The number of carbonyl (C=O) groups is 2. The van der Waals surface area contributed by atoms with Gasteiger partial charge in [0, 0.05) is 5.02 Å². The van der Waals surface area contributed by atoms with Crippen LogP contribution in [0.2, 0.25) is 5.02 Å². The molecule has 1 aromatic carbocycles. The molecule has 24 heavy (non-hydrogen) atoms. The van der Waals surface area contributed by atoms with E-state index < -0.39 is 5.54 Å². The highest BCUT2D eigenvalue weighted by atomic mass is 35.5. The lowest BCUT2D eigenvalue weighted by atomic mass is 9.75. The maximum absolute atomic E-state index is 12.7. The predicted molar refractivity (Wildman–Crippen MR) is 92.2 cm³/mol. The van der Waals surface area contributed by atoms with Gasteiger partial charge in [-0.1, -0.05) is 24.9 Å². The molecule has 0 aromatic heterocycles. The normalized spacial score (nSPS) is 26.8. The Morgan fingerprint density at radius 3 is 2.54 bits per heavy atom. The number of rotatable bonds is 5. The lowest BCUT2D eigenvalue weighted by molar-refractivity contribution is -0.133. The summed E-state index contributed by atoms with van der Waals surface area (Å²) in [6, 6.07) is 6.72. The second-order valence-electron chi connectivity index (χ2n) is 6.62. The van der Waals surface area contributed by atoms with E-state index in [1.165, 1.54) is 4.90 Å². The number of amides is 3. The molecule has 0 unspecified atom stereocenters. The number of carbonyl (C=O) groups excluding carboxylic acids is 2. The third-order valence-electron chi connectivity index (χ3n) is 5.18. The van der Waals surface area contributed by atoms with Gasteiger partial charge < -0.3 is 10.1 Å². The molecule has 2 fully saturated rings. The Labute approximate surface area is 147 Å². The number of imide groups is 1. The third kappa shape index (κ3) is 3.36. The number of halogens is 1. The molecule has 1 N–H and O–H groups in total. The van der Waals surface area contributed by atoms with Gasteiger partial charge >= 0.3 is 6.03 Å². The molecule has 1 spiro atoms. The Bertz CT molecular complexity index is 609. The van der Waals surface area contributed by atoms with E-state index in [1.807, 2.05) is 0 Å². The molecule has 3 rings (SSSR count). The van der Waals surface area contributed by atoms with E-state index in [0.29, 0.717) is 16.7 Å². The summed E-state index contributed by atoms with van der Waals surface area (Å²) in [5, 5.41) is 3.57. The van der Waals surface area contributed by atoms with Gasteiger partial charge in [-0.25, -0.2) is 4.79 Å². The zero-order valence-electron chi connectivity index (χ0n) is 13.9. The van der Waals surface area contributed by atoms with Crippen LogP contribution < -0.4 is 10.1 Å². The Kier molecular flexibility index (Phi) is 4.99. The van der Waals surface area contributed by atoms with E-state index in [2.05, 4.69) is 12.2 Å². The van der Waals surface area contributed by atoms with E-state index >= 15 is 0 Å². The van der Waals surface area contributed by atoms with Crippen molar-refractivity contribution in [2.24, 2.45) is 5.92 Å². The minimum absolute atomic E-state index is 0.0956. The molecule has 6 heteroatoms. The molecule has 3 amide bonds. The van der Waals surface area contributed by atoms with Crippen LogP contribution in [0.5, 0.6) is 5.75 Å². The largest absolute Gasteiger partial charge is 0.492 e. The van der Waals surface area contributed by atoms with Crippen LogP contribution in [0.4, 0.5) is 4.79 Å². The van der Waals surface area contributed by atoms with Gasteiger partial charge in [-0.3, -0.25) is 9.69 Å². The summed E-state index contributed by atoms with van der Waals surface area (Å²) in [4.78, 5) is 26.3. The number of urea groups is 1. The first kappa shape index (κ1) is 17.1. The van der Waals surface area contributed by atoms with Crippen molar-refractivity contribution in [3.05, 3.63) is 29.3 Å². The van der Waals surface area contributed by atoms with E-state index in [1.54, 1.807) is 24.3 Å². The van der Waals surface area contributed by atoms with E-state index in [0.717, 1.165) is 32.1 Å². The van der Waals surface area contributed by atoms with Crippen LogP contribution in [0.25, 0.3) is 0 Å². The Morgan fingerprint density at radius 2 is 1.92 bits per heavy atom. The average Bonchev–Trinajstić information content (AvgIpc) is 2.81. The first-order valence-electron chi connectivity index (χ1n) is 8.56. The van der Waals surface area contributed by atoms with Gasteiger partial charge in [-0.2, -0.15) is 0 Å². The van der Waals surface area contributed by atoms with Crippen molar-refractivity contribution < 1.29 is 14.3 Å². The van der Waals surface area contributed by atoms with Crippen molar-refractivity contribution in [1.82, 2.24) is 10.2 Å². The number of nitrogens with one attached hydrogen (secondary N) is 1. The maximum Gasteiger partial charge on any atom is 0.325 e. The Morgan fingerprint density at radius 1 is 1.25 bits per heavy atom. The molecule has 1 aromatic rings. The minimum Gasteiger partial charge on any atom is -0.492 e.